The number of ether oxygens (including phenoxy) is 1. The molecule has 2 aliphatic rings. The average molecular weight is 282 g/mol. The molecule has 0 spiro atoms. The first-order valence-electron chi connectivity index (χ1n) is 7.03. The summed E-state index contributed by atoms with van der Waals surface area (Å²) in [5.41, 5.74) is 0.790. The molecule has 3 rings (SSSR count). The second-order valence-corrected chi connectivity index (χ2v) is 5.92. The molecule has 1 saturated carbocycles. The predicted molar refractivity (Wildman–Crippen MR) is 75.3 cm³/mol. The molecule has 1 aromatic carbocycles. The van der Waals surface area contributed by atoms with E-state index in [-0.39, 0.29) is 0 Å². The van der Waals surface area contributed by atoms with Crippen molar-refractivity contribution < 1.29 is 9.84 Å². The van der Waals surface area contributed by atoms with Gasteiger partial charge in [-0.2, -0.15) is 0 Å². The zero-order valence-electron chi connectivity index (χ0n) is 10.9. The van der Waals surface area contributed by atoms with Crippen LogP contribution in [0.5, 0.6) is 0 Å². The van der Waals surface area contributed by atoms with Crippen molar-refractivity contribution in [3.05, 3.63) is 34.9 Å². The summed E-state index contributed by atoms with van der Waals surface area (Å²) in [6.45, 7) is 1.36. The number of hydrogen-bond donors (Lipinski definition) is 2. The van der Waals surface area contributed by atoms with E-state index >= 15 is 0 Å². The number of benzene rings is 1. The first-order chi connectivity index (χ1) is 9.25. The molecule has 3 nitrogen and oxygen atoms in total. The molecule has 0 bridgehead atoms. The van der Waals surface area contributed by atoms with Crippen molar-refractivity contribution in [2.45, 2.75) is 37.5 Å². The van der Waals surface area contributed by atoms with Gasteiger partial charge in [0.05, 0.1) is 12.2 Å². The summed E-state index contributed by atoms with van der Waals surface area (Å²) in [6.07, 6.45) is 3.40. The minimum atomic E-state index is -0.561. The van der Waals surface area contributed by atoms with Crippen LogP contribution < -0.4 is 5.32 Å². The Morgan fingerprint density at radius 3 is 2.84 bits per heavy atom. The molecule has 19 heavy (non-hydrogen) atoms. The summed E-state index contributed by atoms with van der Waals surface area (Å²) in [5.74, 6) is 0.734. The lowest BCUT2D eigenvalue weighted by molar-refractivity contribution is 0.0770. The van der Waals surface area contributed by atoms with Crippen molar-refractivity contribution in [1.29, 1.82) is 0 Å². The molecule has 3 atom stereocenters. The van der Waals surface area contributed by atoms with Crippen LogP contribution in [0.1, 0.15) is 30.9 Å². The van der Waals surface area contributed by atoms with Gasteiger partial charge >= 0.3 is 0 Å². The van der Waals surface area contributed by atoms with Crippen LogP contribution >= 0.6 is 11.6 Å². The van der Waals surface area contributed by atoms with E-state index < -0.39 is 6.10 Å². The van der Waals surface area contributed by atoms with Crippen LogP contribution in [-0.4, -0.2) is 30.4 Å². The Morgan fingerprint density at radius 1 is 1.32 bits per heavy atom. The Balaban J connectivity index is 1.55. The molecule has 0 radical (unpaired) electrons. The summed E-state index contributed by atoms with van der Waals surface area (Å²) in [7, 11) is 0. The summed E-state index contributed by atoms with van der Waals surface area (Å²) in [4.78, 5) is 0. The van der Waals surface area contributed by atoms with E-state index in [1.54, 1.807) is 0 Å². The van der Waals surface area contributed by atoms with Gasteiger partial charge < -0.3 is 15.2 Å². The van der Waals surface area contributed by atoms with Crippen LogP contribution in [0.2, 0.25) is 5.02 Å². The summed E-state index contributed by atoms with van der Waals surface area (Å²) >= 11 is 6.09. The van der Waals surface area contributed by atoms with Crippen molar-refractivity contribution in [3.8, 4) is 0 Å². The van der Waals surface area contributed by atoms with Gasteiger partial charge in [-0.3, -0.25) is 0 Å². The molecule has 2 N–H and O–H groups in total. The molecule has 1 saturated heterocycles. The Labute approximate surface area is 118 Å². The van der Waals surface area contributed by atoms with E-state index in [1.807, 2.05) is 24.3 Å². The number of halogens is 1. The van der Waals surface area contributed by atoms with Gasteiger partial charge in [0, 0.05) is 29.8 Å². The van der Waals surface area contributed by atoms with Gasteiger partial charge in [-0.25, -0.2) is 0 Å². The highest BCUT2D eigenvalue weighted by Crippen LogP contribution is 2.38. The Morgan fingerprint density at radius 2 is 2.11 bits per heavy atom. The largest absolute Gasteiger partial charge is 0.387 e. The normalized spacial score (nSPS) is 28.5. The van der Waals surface area contributed by atoms with Crippen molar-refractivity contribution in [2.75, 3.05) is 13.2 Å². The molecule has 1 aliphatic carbocycles. The van der Waals surface area contributed by atoms with Crippen molar-refractivity contribution in [3.63, 3.8) is 0 Å². The van der Waals surface area contributed by atoms with Gasteiger partial charge in [0.1, 0.15) is 0 Å². The van der Waals surface area contributed by atoms with Gasteiger partial charge in [0.2, 0.25) is 0 Å². The number of aliphatic hydroxyl groups is 1. The quantitative estimate of drug-likeness (QED) is 0.871. The third kappa shape index (κ3) is 3.11. The third-order valence-corrected chi connectivity index (χ3v) is 4.40. The average Bonchev–Trinajstić information content (AvgIpc) is 3.15. The maximum atomic E-state index is 10.2. The van der Waals surface area contributed by atoms with Crippen LogP contribution in [0.3, 0.4) is 0 Å². The predicted octanol–water partition coefficient (Wildman–Crippen LogP) is 2.53. The minimum Gasteiger partial charge on any atom is -0.387 e. The second kappa shape index (κ2) is 5.80. The first-order valence-corrected chi connectivity index (χ1v) is 7.41. The number of aliphatic hydroxyl groups excluding tert-OH is 1. The molecule has 1 aromatic rings. The van der Waals surface area contributed by atoms with E-state index in [0.717, 1.165) is 24.5 Å². The zero-order valence-corrected chi connectivity index (χ0v) is 11.6. The summed E-state index contributed by atoms with van der Waals surface area (Å²) in [6, 6.07) is 7.84. The van der Waals surface area contributed by atoms with E-state index in [1.165, 1.54) is 12.8 Å². The molecule has 0 aromatic heterocycles. The van der Waals surface area contributed by atoms with Crippen LogP contribution in [-0.2, 0) is 4.74 Å². The summed E-state index contributed by atoms with van der Waals surface area (Å²) < 4.78 is 5.78. The second-order valence-electron chi connectivity index (χ2n) is 5.51. The lowest BCUT2D eigenvalue weighted by atomic mass is 10.0. The van der Waals surface area contributed by atoms with E-state index in [4.69, 9.17) is 16.3 Å². The number of rotatable bonds is 5. The maximum Gasteiger partial charge on any atom is 0.0928 e. The van der Waals surface area contributed by atoms with E-state index in [0.29, 0.717) is 23.7 Å². The molecular weight excluding hydrogens is 262 g/mol. The highest BCUT2D eigenvalue weighted by Gasteiger charge is 2.40. The van der Waals surface area contributed by atoms with Crippen LogP contribution in [0, 0.1) is 5.92 Å². The van der Waals surface area contributed by atoms with Gasteiger partial charge in [0.25, 0.3) is 0 Å². The molecule has 104 valence electrons. The number of hydrogen-bond acceptors (Lipinski definition) is 3. The first kappa shape index (κ1) is 13.4. The van der Waals surface area contributed by atoms with Gasteiger partial charge in [-0.05, 0) is 31.2 Å². The lowest BCUT2D eigenvalue weighted by Crippen LogP contribution is -2.39. The Bertz CT molecular complexity index is 436. The van der Waals surface area contributed by atoms with E-state index in [9.17, 15) is 5.11 Å². The highest BCUT2D eigenvalue weighted by atomic mass is 35.5. The molecule has 3 unspecified atom stereocenters. The Hall–Kier alpha value is -0.610. The molecule has 2 fully saturated rings. The standard InChI is InChI=1S/C15H20ClNO2/c16-12-4-2-1-3-11(12)14(18)9-17-13-7-8-19-15(13)10-5-6-10/h1-4,10,13-15,17-18H,5-9H2. The SMILES string of the molecule is OC(CNC1CCOC1C1CC1)c1ccccc1Cl. The van der Waals surface area contributed by atoms with Crippen LogP contribution in [0.25, 0.3) is 0 Å². The zero-order chi connectivity index (χ0) is 13.2. The van der Waals surface area contributed by atoms with Crippen molar-refractivity contribution in [1.82, 2.24) is 5.32 Å². The molecule has 0 amide bonds. The fourth-order valence-corrected chi connectivity index (χ4v) is 3.10. The lowest BCUT2D eigenvalue weighted by Gasteiger charge is -2.22. The maximum absolute atomic E-state index is 10.2. The van der Waals surface area contributed by atoms with Crippen LogP contribution in [0.15, 0.2) is 24.3 Å². The smallest absolute Gasteiger partial charge is 0.0928 e. The van der Waals surface area contributed by atoms with Crippen molar-refractivity contribution >= 4 is 11.6 Å². The fraction of sp³-hybridized carbons (Fsp3) is 0.600. The van der Waals surface area contributed by atoms with Gasteiger partial charge in [-0.15, -0.1) is 0 Å². The van der Waals surface area contributed by atoms with Gasteiger partial charge in [-0.1, -0.05) is 29.8 Å². The van der Waals surface area contributed by atoms with E-state index in [2.05, 4.69) is 5.32 Å². The number of nitrogens with one attached hydrogen (secondary N) is 1. The Kier molecular flexibility index (Phi) is 4.08. The monoisotopic (exact) mass is 281 g/mol. The third-order valence-electron chi connectivity index (χ3n) is 4.06. The van der Waals surface area contributed by atoms with Gasteiger partial charge in [0.15, 0.2) is 0 Å². The molecular formula is C15H20ClNO2. The highest BCUT2D eigenvalue weighted by molar-refractivity contribution is 6.31. The molecule has 4 heteroatoms. The minimum absolute atomic E-state index is 0.346. The molecule has 1 aliphatic heterocycles. The topological polar surface area (TPSA) is 41.5 Å². The fourth-order valence-electron chi connectivity index (χ4n) is 2.84. The summed E-state index contributed by atoms with van der Waals surface area (Å²) in [5, 5.41) is 14.3. The van der Waals surface area contributed by atoms with Crippen molar-refractivity contribution in [2.24, 2.45) is 5.92 Å². The molecule has 1 heterocycles. The van der Waals surface area contributed by atoms with Crippen LogP contribution in [0.4, 0.5) is 0 Å².